The minimum Gasteiger partial charge on any atom is -0.449 e. The second-order valence-electron chi connectivity index (χ2n) is 7.11. The van der Waals surface area contributed by atoms with Crippen LogP contribution in [0, 0.1) is 0 Å². The van der Waals surface area contributed by atoms with Gasteiger partial charge in [0.1, 0.15) is 12.1 Å². The van der Waals surface area contributed by atoms with Gasteiger partial charge in [0.2, 0.25) is 0 Å². The molecule has 0 unspecified atom stereocenters. The molecule has 5 rings (SSSR count). The van der Waals surface area contributed by atoms with E-state index in [1.54, 1.807) is 12.5 Å². The van der Waals surface area contributed by atoms with Crippen molar-refractivity contribution in [2.24, 2.45) is 0 Å². The molecule has 26 heavy (non-hydrogen) atoms. The molecule has 0 atom stereocenters. The molecule has 6 nitrogen and oxygen atoms in total. The fraction of sp³-hybridized carbons (Fsp3) is 0.421. The number of hydrogen-bond donors (Lipinski definition) is 1. The normalized spacial score (nSPS) is 22.5. The van der Waals surface area contributed by atoms with Crippen LogP contribution in [0.25, 0.3) is 5.69 Å². The van der Waals surface area contributed by atoms with Crippen molar-refractivity contribution in [2.75, 3.05) is 0 Å². The molecule has 2 aromatic heterocycles. The van der Waals surface area contributed by atoms with Crippen LogP contribution < -0.4 is 5.32 Å². The van der Waals surface area contributed by atoms with Crippen molar-refractivity contribution in [3.8, 4) is 5.69 Å². The van der Waals surface area contributed by atoms with Crippen LogP contribution in [0.4, 0.5) is 0 Å². The number of nitrogens with zero attached hydrogens (tertiary/aromatic N) is 4. The lowest BCUT2D eigenvalue weighted by atomic mass is 9.81. The Labute approximate surface area is 156 Å². The molecule has 3 aromatic rings. The Balaban J connectivity index is 1.46. The lowest BCUT2D eigenvalue weighted by Crippen LogP contribution is -2.17. The minimum absolute atomic E-state index is 0.407. The van der Waals surface area contributed by atoms with Gasteiger partial charge in [0.05, 0.1) is 18.4 Å². The second kappa shape index (κ2) is 6.52. The smallest absolute Gasteiger partial charge is 0.197 e. The number of oxazole rings is 1. The summed E-state index contributed by atoms with van der Waals surface area (Å²) < 4.78 is 7.74. The zero-order valence-electron chi connectivity index (χ0n) is 14.4. The highest BCUT2D eigenvalue weighted by Crippen LogP contribution is 2.40. The molecular formula is C19H20ClN5O. The van der Waals surface area contributed by atoms with Gasteiger partial charge in [-0.1, -0.05) is 11.6 Å². The predicted molar refractivity (Wildman–Crippen MR) is 97.4 cm³/mol. The minimum atomic E-state index is 0.407. The first-order chi connectivity index (χ1) is 12.8. The quantitative estimate of drug-likeness (QED) is 0.740. The molecule has 0 amide bonds. The highest BCUT2D eigenvalue weighted by Gasteiger charge is 2.31. The maximum Gasteiger partial charge on any atom is 0.197 e. The van der Waals surface area contributed by atoms with E-state index in [1.165, 1.54) is 5.56 Å². The van der Waals surface area contributed by atoms with Crippen LogP contribution in [-0.4, -0.2) is 19.7 Å². The largest absolute Gasteiger partial charge is 0.449 e. The molecular weight excluding hydrogens is 350 g/mol. The van der Waals surface area contributed by atoms with E-state index in [2.05, 4.69) is 31.1 Å². The van der Waals surface area contributed by atoms with Crippen molar-refractivity contribution in [1.82, 2.24) is 25.1 Å². The molecule has 3 heterocycles. The molecule has 1 aliphatic heterocycles. The zero-order valence-corrected chi connectivity index (χ0v) is 15.1. The number of aromatic nitrogens is 4. The predicted octanol–water partition coefficient (Wildman–Crippen LogP) is 3.95. The molecule has 2 aliphatic rings. The Bertz CT molecular complexity index is 912. The molecule has 0 radical (unpaired) electrons. The number of fused-ring (bicyclic) bond motifs is 3. The van der Waals surface area contributed by atoms with E-state index in [0.717, 1.165) is 60.5 Å². The Hall–Kier alpha value is -2.18. The number of halogens is 1. The third kappa shape index (κ3) is 2.73. The van der Waals surface area contributed by atoms with E-state index in [4.69, 9.17) is 16.0 Å². The maximum atomic E-state index is 6.20. The summed E-state index contributed by atoms with van der Waals surface area (Å²) in [7, 11) is 0. The first kappa shape index (κ1) is 16.0. The maximum absolute atomic E-state index is 6.20. The van der Waals surface area contributed by atoms with Gasteiger partial charge >= 0.3 is 0 Å². The summed E-state index contributed by atoms with van der Waals surface area (Å²) in [5.41, 5.74) is 2.33. The number of benzene rings is 1. The van der Waals surface area contributed by atoms with Crippen LogP contribution >= 0.6 is 11.6 Å². The SMILES string of the molecule is Clc1ccc2c(c1)CNCc1nnc(C3CCC(c4ncco4)CC3)n1-2. The molecule has 1 fully saturated rings. The van der Waals surface area contributed by atoms with Crippen LogP contribution in [0.2, 0.25) is 5.02 Å². The zero-order chi connectivity index (χ0) is 17.5. The van der Waals surface area contributed by atoms with Crippen molar-refractivity contribution in [3.63, 3.8) is 0 Å². The summed E-state index contributed by atoms with van der Waals surface area (Å²) in [5.74, 6) is 3.73. The molecule has 1 aliphatic carbocycles. The topological polar surface area (TPSA) is 68.8 Å². The summed E-state index contributed by atoms with van der Waals surface area (Å²) in [6, 6.07) is 6.06. The summed E-state index contributed by atoms with van der Waals surface area (Å²) in [4.78, 5) is 4.33. The Morgan fingerprint density at radius 2 is 1.92 bits per heavy atom. The lowest BCUT2D eigenvalue weighted by molar-refractivity contribution is 0.331. The first-order valence-corrected chi connectivity index (χ1v) is 9.50. The van der Waals surface area contributed by atoms with E-state index in [-0.39, 0.29) is 0 Å². The van der Waals surface area contributed by atoms with Crippen LogP contribution in [0.5, 0.6) is 0 Å². The van der Waals surface area contributed by atoms with Crippen molar-refractivity contribution in [1.29, 1.82) is 0 Å². The monoisotopic (exact) mass is 369 g/mol. The molecule has 0 bridgehead atoms. The van der Waals surface area contributed by atoms with Crippen LogP contribution in [-0.2, 0) is 13.1 Å². The van der Waals surface area contributed by atoms with Crippen molar-refractivity contribution in [3.05, 3.63) is 58.8 Å². The van der Waals surface area contributed by atoms with Gasteiger partial charge in [-0.3, -0.25) is 4.57 Å². The van der Waals surface area contributed by atoms with E-state index in [9.17, 15) is 0 Å². The van der Waals surface area contributed by atoms with Gasteiger partial charge in [-0.25, -0.2) is 4.98 Å². The third-order valence-electron chi connectivity index (χ3n) is 5.53. The van der Waals surface area contributed by atoms with Gasteiger partial charge in [0, 0.05) is 23.4 Å². The molecule has 1 saturated carbocycles. The highest BCUT2D eigenvalue weighted by atomic mass is 35.5. The van der Waals surface area contributed by atoms with E-state index < -0.39 is 0 Å². The standard InChI is InChI=1S/C19H20ClN5O/c20-15-5-6-16-14(9-15)10-21-11-17-23-24-18(25(16)17)12-1-3-13(4-2-12)19-22-7-8-26-19/h5-9,12-13,21H,1-4,10-11H2. The second-order valence-corrected chi connectivity index (χ2v) is 7.54. The lowest BCUT2D eigenvalue weighted by Gasteiger charge is -2.26. The van der Waals surface area contributed by atoms with Gasteiger partial charge < -0.3 is 9.73 Å². The Kier molecular flexibility index (Phi) is 4.02. The van der Waals surface area contributed by atoms with Crippen LogP contribution in [0.1, 0.15) is 60.6 Å². The number of nitrogens with one attached hydrogen (secondary N) is 1. The average molecular weight is 370 g/mol. The highest BCUT2D eigenvalue weighted by molar-refractivity contribution is 6.30. The third-order valence-corrected chi connectivity index (χ3v) is 5.76. The Morgan fingerprint density at radius 1 is 1.08 bits per heavy atom. The van der Waals surface area contributed by atoms with Gasteiger partial charge in [-0.2, -0.15) is 0 Å². The first-order valence-electron chi connectivity index (χ1n) is 9.12. The summed E-state index contributed by atoms with van der Waals surface area (Å²) in [5, 5.41) is 13.2. The summed E-state index contributed by atoms with van der Waals surface area (Å²) >= 11 is 6.20. The molecule has 7 heteroatoms. The van der Waals surface area contributed by atoms with Gasteiger partial charge in [-0.05, 0) is 49.4 Å². The molecule has 134 valence electrons. The summed E-state index contributed by atoms with van der Waals surface area (Å²) in [6.07, 6.45) is 7.67. The van der Waals surface area contributed by atoms with Gasteiger partial charge in [-0.15, -0.1) is 10.2 Å². The fourth-order valence-electron chi connectivity index (χ4n) is 4.23. The van der Waals surface area contributed by atoms with Crippen molar-refractivity contribution >= 4 is 11.6 Å². The molecule has 1 aromatic carbocycles. The molecule has 0 saturated heterocycles. The van der Waals surface area contributed by atoms with Gasteiger partial charge in [0.15, 0.2) is 11.7 Å². The average Bonchev–Trinajstić information content (AvgIpc) is 3.30. The van der Waals surface area contributed by atoms with Crippen LogP contribution in [0.15, 0.2) is 35.1 Å². The van der Waals surface area contributed by atoms with Gasteiger partial charge in [0.25, 0.3) is 0 Å². The number of rotatable bonds is 2. The number of hydrogen-bond acceptors (Lipinski definition) is 5. The van der Waals surface area contributed by atoms with E-state index in [0.29, 0.717) is 18.4 Å². The summed E-state index contributed by atoms with van der Waals surface area (Å²) in [6.45, 7) is 1.50. The molecule has 0 spiro atoms. The van der Waals surface area contributed by atoms with Crippen LogP contribution in [0.3, 0.4) is 0 Å². The van der Waals surface area contributed by atoms with Crippen molar-refractivity contribution < 1.29 is 4.42 Å². The molecule has 1 N–H and O–H groups in total. The van der Waals surface area contributed by atoms with E-state index in [1.807, 2.05) is 12.1 Å². The fourth-order valence-corrected chi connectivity index (χ4v) is 4.42. The Morgan fingerprint density at radius 3 is 2.73 bits per heavy atom. The van der Waals surface area contributed by atoms with E-state index >= 15 is 0 Å². The van der Waals surface area contributed by atoms with Crippen molar-refractivity contribution in [2.45, 2.75) is 50.6 Å².